The molecule has 1 fully saturated rings. The molecule has 1 unspecified atom stereocenters. The summed E-state index contributed by atoms with van der Waals surface area (Å²) in [4.78, 5) is 25.5. The molecule has 1 heterocycles. The number of carbonyl (C=O) groups excluding carboxylic acids is 2. The smallest absolute Gasteiger partial charge is 0.337 e. The van der Waals surface area contributed by atoms with Crippen LogP contribution < -0.4 is 4.90 Å². The lowest BCUT2D eigenvalue weighted by Crippen LogP contribution is -2.23. The van der Waals surface area contributed by atoms with Gasteiger partial charge >= 0.3 is 5.97 Å². The van der Waals surface area contributed by atoms with Crippen molar-refractivity contribution in [1.82, 2.24) is 0 Å². The third kappa shape index (κ3) is 3.08. The van der Waals surface area contributed by atoms with Crippen molar-refractivity contribution in [3.63, 3.8) is 0 Å². The van der Waals surface area contributed by atoms with Gasteiger partial charge in [0.05, 0.1) is 25.3 Å². The molecular weight excluding hydrogens is 314 g/mol. The van der Waals surface area contributed by atoms with Gasteiger partial charge in [-0.05, 0) is 35.9 Å². The summed E-state index contributed by atoms with van der Waals surface area (Å²) in [6.45, 7) is 0.341. The number of benzene rings is 2. The molecule has 3 rings (SSSR count). The molecule has 0 aliphatic carbocycles. The highest BCUT2D eigenvalue weighted by Crippen LogP contribution is 2.37. The van der Waals surface area contributed by atoms with E-state index in [1.54, 1.807) is 12.1 Å². The zero-order valence-corrected chi connectivity index (χ0v) is 13.4. The molecule has 1 saturated heterocycles. The zero-order valence-electron chi connectivity index (χ0n) is 12.7. The average Bonchev–Trinajstić information content (AvgIpc) is 2.96. The molecule has 0 spiro atoms. The predicted molar refractivity (Wildman–Crippen MR) is 88.9 cm³/mol. The molecule has 2 aromatic rings. The van der Waals surface area contributed by atoms with Gasteiger partial charge in [-0.3, -0.25) is 4.79 Å². The Balaban J connectivity index is 1.92. The van der Waals surface area contributed by atoms with Crippen molar-refractivity contribution in [2.75, 3.05) is 18.6 Å². The Kier molecular flexibility index (Phi) is 4.35. The second kappa shape index (κ2) is 6.42. The lowest BCUT2D eigenvalue weighted by atomic mass is 10.0. The molecule has 0 amide bonds. The third-order valence-corrected chi connectivity index (χ3v) is 4.37. The van der Waals surface area contributed by atoms with Gasteiger partial charge in [0.2, 0.25) is 0 Å². The quantitative estimate of drug-likeness (QED) is 0.806. The van der Waals surface area contributed by atoms with Crippen LogP contribution in [0, 0.1) is 0 Å². The molecule has 118 valence electrons. The normalized spacial score (nSPS) is 17.4. The molecule has 23 heavy (non-hydrogen) atoms. The van der Waals surface area contributed by atoms with Crippen LogP contribution in [0.1, 0.15) is 28.4 Å². The van der Waals surface area contributed by atoms with Crippen molar-refractivity contribution in [3.8, 4) is 0 Å². The topological polar surface area (TPSA) is 46.6 Å². The number of nitrogens with zero attached hydrogens (tertiary/aromatic N) is 1. The standard InChI is InChI=1S/C18H16ClNO3/c1-23-18(22)12-6-8-13(9-7-12)20-11-14(21)10-17(20)15-4-2-3-5-16(15)19/h2-9,17H,10-11H2,1H3. The maximum atomic E-state index is 12.0. The minimum absolute atomic E-state index is 0.0832. The average molecular weight is 330 g/mol. The van der Waals surface area contributed by atoms with Crippen LogP contribution in [0.3, 0.4) is 0 Å². The minimum Gasteiger partial charge on any atom is -0.465 e. The highest BCUT2D eigenvalue weighted by Gasteiger charge is 2.33. The van der Waals surface area contributed by atoms with Gasteiger partial charge in [0.25, 0.3) is 0 Å². The molecule has 1 aliphatic heterocycles. The van der Waals surface area contributed by atoms with E-state index in [1.807, 2.05) is 41.3 Å². The number of hydrogen-bond donors (Lipinski definition) is 0. The molecule has 0 radical (unpaired) electrons. The molecule has 4 nitrogen and oxygen atoms in total. The number of carbonyl (C=O) groups is 2. The van der Waals surface area contributed by atoms with E-state index in [4.69, 9.17) is 16.3 Å². The Labute approximate surface area is 139 Å². The summed E-state index contributed by atoms with van der Waals surface area (Å²) < 4.78 is 4.70. The number of ether oxygens (including phenoxy) is 1. The summed E-state index contributed by atoms with van der Waals surface area (Å²) in [5.74, 6) is -0.205. The highest BCUT2D eigenvalue weighted by atomic mass is 35.5. The highest BCUT2D eigenvalue weighted by molar-refractivity contribution is 6.31. The van der Waals surface area contributed by atoms with Crippen molar-refractivity contribution in [2.24, 2.45) is 0 Å². The van der Waals surface area contributed by atoms with Crippen molar-refractivity contribution >= 4 is 29.0 Å². The van der Waals surface area contributed by atoms with Gasteiger partial charge in [-0.25, -0.2) is 4.79 Å². The Hall–Kier alpha value is -2.33. The Morgan fingerprint density at radius 2 is 1.87 bits per heavy atom. The fourth-order valence-electron chi connectivity index (χ4n) is 2.89. The first kappa shape index (κ1) is 15.6. The van der Waals surface area contributed by atoms with Crippen molar-refractivity contribution in [1.29, 1.82) is 0 Å². The second-order valence-electron chi connectivity index (χ2n) is 5.45. The van der Waals surface area contributed by atoms with Gasteiger partial charge < -0.3 is 9.64 Å². The first-order valence-corrected chi connectivity index (χ1v) is 7.69. The van der Waals surface area contributed by atoms with E-state index in [0.29, 0.717) is 23.6 Å². The number of methoxy groups -OCH3 is 1. The van der Waals surface area contributed by atoms with E-state index in [2.05, 4.69) is 0 Å². The molecule has 2 aromatic carbocycles. The summed E-state index contributed by atoms with van der Waals surface area (Å²) in [7, 11) is 1.35. The number of rotatable bonds is 3. The molecule has 1 atom stereocenters. The van der Waals surface area contributed by atoms with Crippen molar-refractivity contribution in [2.45, 2.75) is 12.5 Å². The molecule has 0 saturated carbocycles. The van der Waals surface area contributed by atoms with Crippen LogP contribution in [0.2, 0.25) is 5.02 Å². The van der Waals surface area contributed by atoms with Crippen LogP contribution in [0.25, 0.3) is 0 Å². The van der Waals surface area contributed by atoms with Gasteiger partial charge in [-0.2, -0.15) is 0 Å². The fourth-order valence-corrected chi connectivity index (χ4v) is 3.15. The van der Waals surface area contributed by atoms with Crippen LogP contribution >= 0.6 is 11.6 Å². The van der Waals surface area contributed by atoms with E-state index in [9.17, 15) is 9.59 Å². The van der Waals surface area contributed by atoms with Crippen LogP contribution in [-0.2, 0) is 9.53 Å². The largest absolute Gasteiger partial charge is 0.465 e. The number of ketones is 1. The van der Waals surface area contributed by atoms with E-state index >= 15 is 0 Å². The predicted octanol–water partition coefficient (Wildman–Crippen LogP) is 3.65. The monoisotopic (exact) mass is 329 g/mol. The fraction of sp³-hybridized carbons (Fsp3) is 0.222. The first-order chi connectivity index (χ1) is 11.1. The van der Waals surface area contributed by atoms with Gasteiger partial charge in [-0.15, -0.1) is 0 Å². The number of anilines is 1. The summed E-state index contributed by atoms with van der Waals surface area (Å²) in [5.41, 5.74) is 2.31. The Morgan fingerprint density at radius 1 is 1.17 bits per heavy atom. The lowest BCUT2D eigenvalue weighted by molar-refractivity contribution is -0.116. The van der Waals surface area contributed by atoms with Gasteiger partial charge in [0.1, 0.15) is 0 Å². The van der Waals surface area contributed by atoms with E-state index < -0.39 is 0 Å². The molecule has 0 aromatic heterocycles. The first-order valence-electron chi connectivity index (χ1n) is 7.31. The van der Waals surface area contributed by atoms with Gasteiger partial charge in [-0.1, -0.05) is 29.8 Å². The third-order valence-electron chi connectivity index (χ3n) is 4.03. The summed E-state index contributed by atoms with van der Waals surface area (Å²) in [6.07, 6.45) is 0.433. The summed E-state index contributed by atoms with van der Waals surface area (Å²) in [5, 5.41) is 0.656. The van der Waals surface area contributed by atoms with E-state index in [0.717, 1.165) is 11.3 Å². The molecule has 0 N–H and O–H groups in total. The minimum atomic E-state index is -0.378. The maximum Gasteiger partial charge on any atom is 0.337 e. The Bertz CT molecular complexity index is 742. The molecule has 1 aliphatic rings. The van der Waals surface area contributed by atoms with Crippen LogP contribution in [-0.4, -0.2) is 25.4 Å². The molecular formula is C18H16ClNO3. The van der Waals surface area contributed by atoms with Gasteiger partial charge in [0.15, 0.2) is 5.78 Å². The number of esters is 1. The van der Waals surface area contributed by atoms with Crippen molar-refractivity contribution < 1.29 is 14.3 Å². The number of hydrogen-bond acceptors (Lipinski definition) is 4. The lowest BCUT2D eigenvalue weighted by Gasteiger charge is -2.27. The summed E-state index contributed by atoms with van der Waals surface area (Å²) in [6, 6.07) is 14.5. The second-order valence-corrected chi connectivity index (χ2v) is 5.85. The van der Waals surface area contributed by atoms with E-state index in [-0.39, 0.29) is 17.8 Å². The molecule has 0 bridgehead atoms. The molecule has 5 heteroatoms. The Morgan fingerprint density at radius 3 is 2.52 bits per heavy atom. The van der Waals surface area contributed by atoms with Crippen LogP contribution in [0.15, 0.2) is 48.5 Å². The van der Waals surface area contributed by atoms with E-state index in [1.165, 1.54) is 7.11 Å². The number of Topliss-reactive ketones (excluding diaryl/α,β-unsaturated/α-hetero) is 1. The van der Waals surface area contributed by atoms with Crippen LogP contribution in [0.5, 0.6) is 0 Å². The van der Waals surface area contributed by atoms with Crippen LogP contribution in [0.4, 0.5) is 5.69 Å². The zero-order chi connectivity index (χ0) is 16.4. The number of halogens is 1. The van der Waals surface area contributed by atoms with Crippen molar-refractivity contribution in [3.05, 3.63) is 64.7 Å². The summed E-state index contributed by atoms with van der Waals surface area (Å²) >= 11 is 6.29. The maximum absolute atomic E-state index is 12.0. The van der Waals surface area contributed by atoms with Gasteiger partial charge in [0, 0.05) is 17.1 Å². The SMILES string of the molecule is COC(=O)c1ccc(N2CC(=O)CC2c2ccccc2Cl)cc1.